The van der Waals surface area contributed by atoms with Crippen LogP contribution in [0.15, 0.2) is 35.0 Å². The minimum atomic E-state index is 0.219. The Balaban J connectivity index is 2.02. The number of fused-ring (bicyclic) bond motifs is 1. The molecule has 1 aromatic carbocycles. The highest BCUT2D eigenvalue weighted by atomic mass is 35.5. The van der Waals surface area contributed by atoms with Gasteiger partial charge in [-0.2, -0.15) is 0 Å². The van der Waals surface area contributed by atoms with E-state index in [9.17, 15) is 0 Å². The summed E-state index contributed by atoms with van der Waals surface area (Å²) in [7, 11) is 0. The SMILES string of the molecule is Clc1nc2nonc2nc1Nc1ccccc1. The Kier molecular flexibility index (Phi) is 2.34. The lowest BCUT2D eigenvalue weighted by Gasteiger charge is -2.05. The third kappa shape index (κ3) is 1.90. The molecule has 2 heterocycles. The van der Waals surface area contributed by atoms with Gasteiger partial charge in [-0.15, -0.1) is 0 Å². The molecule has 6 nitrogen and oxygen atoms in total. The van der Waals surface area contributed by atoms with E-state index < -0.39 is 0 Å². The van der Waals surface area contributed by atoms with Crippen LogP contribution in [0.3, 0.4) is 0 Å². The predicted octanol–water partition coefficient (Wildman–Crippen LogP) is 2.41. The van der Waals surface area contributed by atoms with Gasteiger partial charge in [0.1, 0.15) is 0 Å². The zero-order valence-electron chi connectivity index (χ0n) is 8.46. The van der Waals surface area contributed by atoms with E-state index in [0.717, 1.165) is 5.69 Å². The van der Waals surface area contributed by atoms with Crippen LogP contribution in [-0.2, 0) is 0 Å². The Morgan fingerprint density at radius 1 is 1.00 bits per heavy atom. The van der Waals surface area contributed by atoms with E-state index in [-0.39, 0.29) is 10.8 Å². The summed E-state index contributed by atoms with van der Waals surface area (Å²) >= 11 is 5.96. The van der Waals surface area contributed by atoms with Crippen molar-refractivity contribution >= 4 is 34.4 Å². The van der Waals surface area contributed by atoms with Crippen molar-refractivity contribution in [2.45, 2.75) is 0 Å². The van der Waals surface area contributed by atoms with Crippen LogP contribution in [-0.4, -0.2) is 20.3 Å². The van der Waals surface area contributed by atoms with Gasteiger partial charge in [-0.1, -0.05) is 29.8 Å². The standard InChI is InChI=1S/C10H6ClN5O/c11-7-8(12-6-4-2-1-3-5-6)14-10-9(13-7)15-17-16-10/h1-5H,(H,12,14,16). The van der Waals surface area contributed by atoms with Gasteiger partial charge in [0, 0.05) is 5.69 Å². The van der Waals surface area contributed by atoms with Crippen LogP contribution in [0, 0.1) is 0 Å². The Labute approximate surface area is 101 Å². The van der Waals surface area contributed by atoms with Crippen LogP contribution in [0.4, 0.5) is 11.5 Å². The first-order chi connectivity index (χ1) is 8.33. The van der Waals surface area contributed by atoms with E-state index in [2.05, 4.69) is 30.2 Å². The van der Waals surface area contributed by atoms with Gasteiger partial charge in [0.2, 0.25) is 11.3 Å². The quantitative estimate of drug-likeness (QED) is 0.749. The first-order valence-corrected chi connectivity index (χ1v) is 5.18. The lowest BCUT2D eigenvalue weighted by Crippen LogP contribution is -1.96. The van der Waals surface area contributed by atoms with Crippen LogP contribution in [0.25, 0.3) is 11.3 Å². The van der Waals surface area contributed by atoms with E-state index in [4.69, 9.17) is 11.6 Å². The van der Waals surface area contributed by atoms with Crippen molar-refractivity contribution in [2.24, 2.45) is 0 Å². The molecule has 0 radical (unpaired) electrons. The molecule has 3 rings (SSSR count). The molecule has 0 unspecified atom stereocenters. The van der Waals surface area contributed by atoms with Crippen LogP contribution in [0.2, 0.25) is 5.15 Å². The molecule has 0 aliphatic heterocycles. The number of halogens is 1. The van der Waals surface area contributed by atoms with Gasteiger partial charge in [-0.3, -0.25) is 0 Å². The van der Waals surface area contributed by atoms with E-state index in [1.807, 2.05) is 30.3 Å². The summed E-state index contributed by atoms with van der Waals surface area (Å²) in [6.07, 6.45) is 0. The second-order valence-corrected chi connectivity index (χ2v) is 3.62. The third-order valence-corrected chi connectivity index (χ3v) is 2.37. The molecule has 0 aliphatic carbocycles. The van der Waals surface area contributed by atoms with Crippen molar-refractivity contribution in [2.75, 3.05) is 5.32 Å². The van der Waals surface area contributed by atoms with Crippen molar-refractivity contribution in [1.82, 2.24) is 20.3 Å². The number of hydrogen-bond acceptors (Lipinski definition) is 6. The molecule has 2 aromatic heterocycles. The zero-order chi connectivity index (χ0) is 11.7. The van der Waals surface area contributed by atoms with Gasteiger partial charge < -0.3 is 5.32 Å². The summed E-state index contributed by atoms with van der Waals surface area (Å²) < 4.78 is 4.51. The minimum absolute atomic E-state index is 0.219. The number of nitrogens with zero attached hydrogens (tertiary/aromatic N) is 4. The molecule has 17 heavy (non-hydrogen) atoms. The van der Waals surface area contributed by atoms with Crippen LogP contribution >= 0.6 is 11.6 Å². The molecule has 3 aromatic rings. The Hall–Kier alpha value is -2.21. The van der Waals surface area contributed by atoms with E-state index in [1.165, 1.54) is 0 Å². The Morgan fingerprint density at radius 2 is 1.71 bits per heavy atom. The minimum Gasteiger partial charge on any atom is -0.338 e. The Bertz CT molecular complexity index is 654. The molecule has 0 spiro atoms. The molecule has 0 aliphatic rings. The first kappa shape index (κ1) is 9.98. The third-order valence-electron chi connectivity index (χ3n) is 2.11. The highest BCUT2D eigenvalue weighted by Gasteiger charge is 2.10. The normalized spacial score (nSPS) is 10.6. The smallest absolute Gasteiger partial charge is 0.245 e. The lowest BCUT2D eigenvalue weighted by atomic mass is 10.3. The average molecular weight is 248 g/mol. The topological polar surface area (TPSA) is 76.7 Å². The van der Waals surface area contributed by atoms with Gasteiger partial charge in [-0.05, 0) is 22.4 Å². The fourth-order valence-electron chi connectivity index (χ4n) is 1.36. The lowest BCUT2D eigenvalue weighted by molar-refractivity contribution is 0.314. The van der Waals surface area contributed by atoms with Gasteiger partial charge >= 0.3 is 0 Å². The summed E-state index contributed by atoms with van der Waals surface area (Å²) in [5, 5.41) is 10.4. The maximum atomic E-state index is 5.96. The highest BCUT2D eigenvalue weighted by Crippen LogP contribution is 2.22. The number of nitrogens with one attached hydrogen (secondary N) is 1. The second-order valence-electron chi connectivity index (χ2n) is 3.27. The summed E-state index contributed by atoms with van der Waals surface area (Å²) in [6, 6.07) is 9.51. The molecular weight excluding hydrogens is 242 g/mol. The van der Waals surface area contributed by atoms with E-state index in [1.54, 1.807) is 0 Å². The molecule has 0 atom stereocenters. The summed E-state index contributed by atoms with van der Waals surface area (Å²) in [5.41, 5.74) is 1.46. The van der Waals surface area contributed by atoms with Crippen molar-refractivity contribution in [3.8, 4) is 0 Å². The molecule has 7 heteroatoms. The number of anilines is 2. The predicted molar refractivity (Wildman–Crippen MR) is 62.1 cm³/mol. The molecule has 0 saturated heterocycles. The summed E-state index contributed by atoms with van der Waals surface area (Å²) in [5.74, 6) is 0.418. The Morgan fingerprint density at radius 3 is 2.47 bits per heavy atom. The molecule has 0 amide bonds. The monoisotopic (exact) mass is 247 g/mol. The molecule has 1 N–H and O–H groups in total. The van der Waals surface area contributed by atoms with E-state index >= 15 is 0 Å². The number of para-hydroxylation sites is 1. The molecule has 0 fully saturated rings. The summed E-state index contributed by atoms with van der Waals surface area (Å²) in [4.78, 5) is 8.16. The number of hydrogen-bond donors (Lipinski definition) is 1. The fraction of sp³-hybridized carbons (Fsp3) is 0. The van der Waals surface area contributed by atoms with Crippen LogP contribution in [0.1, 0.15) is 0 Å². The maximum Gasteiger partial charge on any atom is 0.245 e. The molecule has 0 saturated carbocycles. The number of rotatable bonds is 2. The van der Waals surface area contributed by atoms with Crippen molar-refractivity contribution in [1.29, 1.82) is 0 Å². The largest absolute Gasteiger partial charge is 0.338 e. The van der Waals surface area contributed by atoms with Crippen molar-refractivity contribution in [3.05, 3.63) is 35.5 Å². The van der Waals surface area contributed by atoms with Crippen LogP contribution in [0.5, 0.6) is 0 Å². The molecule has 0 bridgehead atoms. The maximum absolute atomic E-state index is 5.96. The fourth-order valence-corrected chi connectivity index (χ4v) is 1.53. The van der Waals surface area contributed by atoms with Crippen molar-refractivity contribution in [3.63, 3.8) is 0 Å². The van der Waals surface area contributed by atoms with Gasteiger partial charge in [-0.25, -0.2) is 14.6 Å². The summed E-state index contributed by atoms with van der Waals surface area (Å²) in [6.45, 7) is 0. The van der Waals surface area contributed by atoms with E-state index in [0.29, 0.717) is 11.5 Å². The van der Waals surface area contributed by atoms with Crippen LogP contribution < -0.4 is 5.32 Å². The number of benzene rings is 1. The van der Waals surface area contributed by atoms with Gasteiger partial charge in [0.05, 0.1) is 0 Å². The zero-order valence-corrected chi connectivity index (χ0v) is 9.22. The average Bonchev–Trinajstić information content (AvgIpc) is 2.78. The molecular formula is C10H6ClN5O. The van der Waals surface area contributed by atoms with Gasteiger partial charge in [0.25, 0.3) is 0 Å². The van der Waals surface area contributed by atoms with Gasteiger partial charge in [0.15, 0.2) is 11.0 Å². The molecule has 84 valence electrons. The van der Waals surface area contributed by atoms with Crippen molar-refractivity contribution < 1.29 is 4.63 Å². The second kappa shape index (κ2) is 3.99. The number of aromatic nitrogens is 4. The first-order valence-electron chi connectivity index (χ1n) is 4.81. The highest BCUT2D eigenvalue weighted by molar-refractivity contribution is 6.32.